The van der Waals surface area contributed by atoms with E-state index >= 15 is 0 Å². The number of halogens is 3. The van der Waals surface area contributed by atoms with E-state index in [1.54, 1.807) is 6.07 Å². The van der Waals surface area contributed by atoms with E-state index in [0.29, 0.717) is 13.1 Å². The van der Waals surface area contributed by atoms with Crippen molar-refractivity contribution in [3.63, 3.8) is 0 Å². The first-order chi connectivity index (χ1) is 17.0. The minimum atomic E-state index is -4.48. The molecule has 1 unspecified atom stereocenters. The van der Waals surface area contributed by atoms with Crippen LogP contribution in [0.3, 0.4) is 0 Å². The molecule has 7 heteroatoms. The number of fused-ring (bicyclic) bond motifs is 3. The second-order valence-electron chi connectivity index (χ2n) is 9.99. The minimum Gasteiger partial charge on any atom is -0.341 e. The first kappa shape index (κ1) is 26.5. The largest absolute Gasteiger partial charge is 0.418 e. The second kappa shape index (κ2) is 9.72. The predicted molar refractivity (Wildman–Crippen MR) is 148 cm³/mol. The number of rotatable bonds is 6. The van der Waals surface area contributed by atoms with Crippen LogP contribution in [0.25, 0.3) is 21.8 Å². The van der Waals surface area contributed by atoms with Crippen LogP contribution in [-0.4, -0.2) is 27.5 Å². The number of benzene rings is 3. The van der Waals surface area contributed by atoms with Gasteiger partial charge in [0.15, 0.2) is 0 Å². The van der Waals surface area contributed by atoms with Crippen molar-refractivity contribution in [3.05, 3.63) is 72.3 Å². The number of aryl methyl sites for hydroxylation is 1. The Bertz CT molecular complexity index is 1440. The fourth-order valence-corrected chi connectivity index (χ4v) is 9.80. The van der Waals surface area contributed by atoms with E-state index in [0.717, 1.165) is 39.7 Å². The lowest BCUT2D eigenvalue weighted by Crippen LogP contribution is -2.36. The van der Waals surface area contributed by atoms with Gasteiger partial charge in [-0.15, -0.1) is 0 Å². The van der Waals surface area contributed by atoms with Crippen LogP contribution in [0.1, 0.15) is 47.1 Å². The molecule has 4 aromatic rings. The van der Waals surface area contributed by atoms with Gasteiger partial charge in [-0.25, -0.2) is 4.74 Å². The highest BCUT2D eigenvalue weighted by atomic mass is 31.2. The highest BCUT2D eigenvalue weighted by Gasteiger charge is 2.42. The average molecular weight is 514 g/mol. The van der Waals surface area contributed by atoms with Crippen molar-refractivity contribution in [1.82, 2.24) is 9.24 Å². The Balaban J connectivity index is 2.16. The van der Waals surface area contributed by atoms with E-state index < -0.39 is 24.1 Å². The van der Waals surface area contributed by atoms with E-state index in [9.17, 15) is 13.2 Å². The lowest BCUT2D eigenvalue weighted by molar-refractivity contribution is -0.137. The van der Waals surface area contributed by atoms with Gasteiger partial charge in [-0.1, -0.05) is 65.0 Å². The highest BCUT2D eigenvalue weighted by Crippen LogP contribution is 2.64. The third-order valence-corrected chi connectivity index (χ3v) is 11.7. The van der Waals surface area contributed by atoms with E-state index in [-0.39, 0.29) is 5.69 Å². The van der Waals surface area contributed by atoms with Crippen molar-refractivity contribution in [2.75, 3.05) is 13.1 Å². The average Bonchev–Trinajstić information content (AvgIpc) is 3.16. The summed E-state index contributed by atoms with van der Waals surface area (Å²) in [6.07, 6.45) is -4.48. The van der Waals surface area contributed by atoms with Crippen LogP contribution in [-0.2, 0) is 12.7 Å². The van der Waals surface area contributed by atoms with Crippen LogP contribution < -0.4 is 5.30 Å². The van der Waals surface area contributed by atoms with Crippen molar-refractivity contribution >= 4 is 40.0 Å². The lowest BCUT2D eigenvalue weighted by Gasteiger charge is -2.45. The summed E-state index contributed by atoms with van der Waals surface area (Å²) in [6, 6.07) is 20.5. The maximum Gasteiger partial charge on any atom is 0.418 e. The number of hydrogen-bond acceptors (Lipinski definition) is 1. The smallest absolute Gasteiger partial charge is 0.341 e. The molecule has 3 aromatic carbocycles. The van der Waals surface area contributed by atoms with E-state index in [1.807, 2.05) is 12.1 Å². The summed E-state index contributed by atoms with van der Waals surface area (Å²) < 4.78 is 51.9. The zero-order valence-corrected chi connectivity index (χ0v) is 22.8. The SMILES string of the molecule is CCN(CC)P(=Nc1ccccc1C(F)(F)F)(c1ccc2c(c1)c1ccccc1n2CC)C(C)(C)C. The van der Waals surface area contributed by atoms with Gasteiger partial charge in [-0.2, -0.15) is 13.2 Å². The first-order valence-electron chi connectivity index (χ1n) is 12.5. The molecule has 0 aliphatic carbocycles. The highest BCUT2D eigenvalue weighted by molar-refractivity contribution is 7.73. The molecule has 0 amide bonds. The van der Waals surface area contributed by atoms with Crippen molar-refractivity contribution in [2.24, 2.45) is 4.74 Å². The molecule has 0 fully saturated rings. The quantitative estimate of drug-likeness (QED) is 0.236. The molecule has 4 rings (SSSR count). The number of nitrogens with zero attached hydrogens (tertiary/aromatic N) is 3. The molecule has 0 aliphatic rings. The summed E-state index contributed by atoms with van der Waals surface area (Å²) in [5.41, 5.74) is 1.62. The van der Waals surface area contributed by atoms with Crippen LogP contribution >= 0.6 is 7.21 Å². The Morgan fingerprint density at radius 1 is 0.806 bits per heavy atom. The van der Waals surface area contributed by atoms with Crippen molar-refractivity contribution in [1.29, 1.82) is 0 Å². The zero-order valence-electron chi connectivity index (χ0n) is 21.9. The Hall–Kier alpha value is -2.56. The Kier molecular flexibility index (Phi) is 7.15. The van der Waals surface area contributed by atoms with E-state index in [2.05, 4.69) is 81.1 Å². The van der Waals surface area contributed by atoms with Gasteiger partial charge in [0.25, 0.3) is 0 Å². The molecule has 3 nitrogen and oxygen atoms in total. The third kappa shape index (κ3) is 4.29. The molecule has 1 aromatic heterocycles. The molecule has 0 spiro atoms. The van der Waals surface area contributed by atoms with Crippen LogP contribution in [0.15, 0.2) is 71.5 Å². The molecule has 0 saturated carbocycles. The van der Waals surface area contributed by atoms with Gasteiger partial charge in [0.1, 0.15) is 0 Å². The Morgan fingerprint density at radius 3 is 2.03 bits per heavy atom. The third-order valence-electron chi connectivity index (χ3n) is 6.97. The minimum absolute atomic E-state index is 0.0104. The summed E-state index contributed by atoms with van der Waals surface area (Å²) in [5.74, 6) is 0. The molecular formula is C29H35F3N3P. The summed E-state index contributed by atoms with van der Waals surface area (Å²) in [4.78, 5) is 0. The Morgan fingerprint density at radius 2 is 1.42 bits per heavy atom. The van der Waals surface area contributed by atoms with Crippen molar-refractivity contribution in [3.8, 4) is 0 Å². The van der Waals surface area contributed by atoms with Gasteiger partial charge in [0.05, 0.1) is 18.5 Å². The summed E-state index contributed by atoms with van der Waals surface area (Å²) in [6.45, 7) is 14.8. The molecule has 0 aliphatic heterocycles. The monoisotopic (exact) mass is 513 g/mol. The molecule has 1 atom stereocenters. The number of alkyl halides is 3. The van der Waals surface area contributed by atoms with Crippen LogP contribution in [0, 0.1) is 0 Å². The first-order valence-corrected chi connectivity index (χ1v) is 14.2. The van der Waals surface area contributed by atoms with Gasteiger partial charge in [0, 0.05) is 51.9 Å². The number of aromatic nitrogens is 1. The van der Waals surface area contributed by atoms with Gasteiger partial charge in [-0.05, 0) is 43.3 Å². The topological polar surface area (TPSA) is 20.5 Å². The summed E-state index contributed by atoms with van der Waals surface area (Å²) in [5, 5.41) is 2.86. The van der Waals surface area contributed by atoms with Crippen molar-refractivity contribution in [2.45, 2.75) is 59.4 Å². The zero-order chi connectivity index (χ0) is 26.3. The molecule has 36 heavy (non-hydrogen) atoms. The van der Waals surface area contributed by atoms with Crippen LogP contribution in [0.4, 0.5) is 18.9 Å². The molecule has 0 bridgehead atoms. The lowest BCUT2D eigenvalue weighted by atomic mass is 10.1. The fourth-order valence-electron chi connectivity index (χ4n) is 5.41. The van der Waals surface area contributed by atoms with E-state index in [1.165, 1.54) is 12.1 Å². The van der Waals surface area contributed by atoms with Crippen molar-refractivity contribution < 1.29 is 13.2 Å². The molecule has 192 valence electrons. The predicted octanol–water partition coefficient (Wildman–Crippen LogP) is 9.05. The standard InChI is InChI=1S/C29H35F3N3P/c1-7-34(8-2)36(28(4,5)6,33-25-16-12-11-15-24(25)29(30,31)32)21-18-19-27-23(20-21)22-14-10-13-17-26(22)35(27)9-3/h10-20H,7-9H2,1-6H3. The van der Waals surface area contributed by atoms with Gasteiger partial charge < -0.3 is 4.57 Å². The van der Waals surface area contributed by atoms with Crippen LogP contribution in [0.5, 0.6) is 0 Å². The molecule has 1 heterocycles. The molecular weight excluding hydrogens is 478 g/mol. The number of hydrogen-bond donors (Lipinski definition) is 0. The van der Waals surface area contributed by atoms with Gasteiger partial charge in [-0.3, -0.25) is 4.67 Å². The summed E-state index contributed by atoms with van der Waals surface area (Å²) in [7, 11) is -2.69. The maximum absolute atomic E-state index is 14.0. The molecule has 0 saturated heterocycles. The molecule has 0 N–H and O–H groups in total. The van der Waals surface area contributed by atoms with Gasteiger partial charge >= 0.3 is 6.18 Å². The van der Waals surface area contributed by atoms with Crippen LogP contribution in [0.2, 0.25) is 0 Å². The molecule has 0 radical (unpaired) electrons. The normalized spacial score (nSPS) is 14.5. The van der Waals surface area contributed by atoms with Gasteiger partial charge in [0.2, 0.25) is 0 Å². The summed E-state index contributed by atoms with van der Waals surface area (Å²) >= 11 is 0. The Labute approximate surface area is 212 Å². The maximum atomic E-state index is 14.0. The number of para-hydroxylation sites is 1. The van der Waals surface area contributed by atoms with E-state index in [4.69, 9.17) is 4.74 Å². The fraction of sp³-hybridized carbons (Fsp3) is 0.379. The second-order valence-corrected chi connectivity index (χ2v) is 13.8.